The second-order valence-electron chi connectivity index (χ2n) is 7.23. The second kappa shape index (κ2) is 19.3. The number of benzene rings is 1. The third kappa shape index (κ3) is 20.9. The zero-order chi connectivity index (χ0) is 18.1. The molecule has 0 aliphatic heterocycles. The Morgan fingerprint density at radius 3 is 1.04 bits per heavy atom. The fourth-order valence-electron chi connectivity index (χ4n) is 2.06. The summed E-state index contributed by atoms with van der Waals surface area (Å²) in [6, 6.07) is 11.9. The second-order valence-corrected chi connectivity index (χ2v) is 20.5. The van der Waals surface area contributed by atoms with Crippen molar-refractivity contribution in [2.75, 3.05) is 0 Å². The zero-order valence-corrected chi connectivity index (χ0v) is 33.4. The molecule has 23 heavy (non-hydrogen) atoms. The topological polar surface area (TPSA) is 0 Å². The molecule has 0 atom stereocenters. The van der Waals surface area contributed by atoms with E-state index in [4.69, 9.17) is 0 Å². The van der Waals surface area contributed by atoms with Crippen LogP contribution in [0.4, 0.5) is 0 Å². The van der Waals surface area contributed by atoms with E-state index in [1.165, 1.54) is 121 Å². The van der Waals surface area contributed by atoms with E-state index in [1.807, 2.05) is 0 Å². The van der Waals surface area contributed by atoms with Crippen molar-refractivity contribution in [3.63, 3.8) is 0 Å². The maximum atomic E-state index is 2.22. The van der Waals surface area contributed by atoms with Gasteiger partial charge in [0.25, 0.3) is 0 Å². The van der Waals surface area contributed by atoms with Gasteiger partial charge >= 0.3 is 0 Å². The van der Waals surface area contributed by atoms with Crippen molar-refractivity contribution in [3.8, 4) is 0 Å². The van der Waals surface area contributed by atoms with Gasteiger partial charge in [-0.3, -0.25) is 0 Å². The normalized spacial score (nSPS) is 20.2. The highest BCUT2D eigenvalue weighted by Crippen LogP contribution is 2.31. The van der Waals surface area contributed by atoms with Gasteiger partial charge in [0.1, 0.15) is 0 Å². The molecule has 0 aromatic heterocycles. The summed E-state index contributed by atoms with van der Waals surface area (Å²) in [6.07, 6.45) is 6.28. The maximum absolute atomic E-state index is 2.22. The standard InChI is InChI=1S/C6H16Si2.C6H10Si2.C2H10Si2.CH8Si2/c2*7-5-1-2-6(8)4-3-5;3-1-2-4;2-1-3/h5-6H,1-4H2,7-8H3;1-4H,7-8H3;1-2H2,3-4H3;1H2,2-3H3. The van der Waals surface area contributed by atoms with Crippen molar-refractivity contribution in [1.82, 2.24) is 0 Å². The fraction of sp³-hybridized carbons (Fsp3) is 0.600. The molecule has 1 saturated carbocycles. The zero-order valence-electron chi connectivity index (χ0n) is 17.4. The molecule has 2 rings (SSSR count). The van der Waals surface area contributed by atoms with E-state index in [-0.39, 0.29) is 0 Å². The number of hydrogen-bond acceptors (Lipinski definition) is 0. The van der Waals surface area contributed by atoms with E-state index >= 15 is 0 Å². The molecule has 1 aromatic carbocycles. The largest absolute Gasteiger partial charge is 0.0778 e. The van der Waals surface area contributed by atoms with Crippen LogP contribution in [0.1, 0.15) is 25.7 Å². The Kier molecular flexibility index (Phi) is 22.0. The monoisotopic (exact) mass is 448 g/mol. The van der Waals surface area contributed by atoms with Crippen LogP contribution in [0.5, 0.6) is 0 Å². The first-order chi connectivity index (χ1) is 10.9. The highest BCUT2D eigenvalue weighted by atomic mass is 28.2. The molecule has 136 valence electrons. The summed E-state index contributed by atoms with van der Waals surface area (Å²) in [7, 11) is 11.0. The first-order valence-corrected chi connectivity index (χ1v) is 19.9. The van der Waals surface area contributed by atoms with Crippen molar-refractivity contribution in [2.24, 2.45) is 0 Å². The summed E-state index contributed by atoms with van der Waals surface area (Å²) in [5.74, 6) is 0. The molecule has 0 amide bonds. The first-order valence-electron chi connectivity index (χ1n) is 9.94. The van der Waals surface area contributed by atoms with Gasteiger partial charge in [0.2, 0.25) is 0 Å². The van der Waals surface area contributed by atoms with Crippen LogP contribution in [-0.2, 0) is 0 Å². The number of hydrogen-bond donors (Lipinski definition) is 0. The molecule has 0 unspecified atom stereocenters. The van der Waals surface area contributed by atoms with E-state index < -0.39 is 0 Å². The predicted octanol–water partition coefficient (Wildman–Crippen LogP) is -5.82. The highest BCUT2D eigenvalue weighted by Gasteiger charge is 2.13. The van der Waals surface area contributed by atoms with Gasteiger partial charge in [-0.05, 0) is 20.5 Å². The Labute approximate surface area is 170 Å². The van der Waals surface area contributed by atoms with Crippen LogP contribution in [0.3, 0.4) is 0 Å². The Bertz CT molecular complexity index is 303. The van der Waals surface area contributed by atoms with Crippen molar-refractivity contribution in [1.29, 1.82) is 0 Å². The summed E-state index contributed by atoms with van der Waals surface area (Å²) < 4.78 is 0. The third-order valence-corrected chi connectivity index (χ3v) is 11.7. The van der Waals surface area contributed by atoms with Crippen LogP contribution < -0.4 is 10.4 Å². The molecular weight excluding hydrogens is 405 g/mol. The van der Waals surface area contributed by atoms with E-state index in [1.54, 1.807) is 25.7 Å². The number of rotatable bonds is 1. The Morgan fingerprint density at radius 1 is 0.652 bits per heavy atom. The molecule has 0 spiro atoms. The van der Waals surface area contributed by atoms with Gasteiger partial charge in [-0.1, -0.05) is 89.2 Å². The maximum Gasteiger partial charge on any atom is 0.0384 e. The lowest BCUT2D eigenvalue weighted by Gasteiger charge is -2.22. The molecule has 0 heterocycles. The minimum atomic E-state index is 1.18. The van der Waals surface area contributed by atoms with Gasteiger partial charge in [0.05, 0.1) is 0 Å². The molecule has 0 radical (unpaired) electrons. The van der Waals surface area contributed by atoms with Crippen molar-refractivity contribution < 1.29 is 0 Å². The van der Waals surface area contributed by atoms with Gasteiger partial charge in [-0.25, -0.2) is 0 Å². The lowest BCUT2D eigenvalue weighted by molar-refractivity contribution is 0.504. The smallest absolute Gasteiger partial charge is 0.0384 e. The van der Waals surface area contributed by atoms with E-state index in [0.717, 1.165) is 0 Å². The average molecular weight is 449 g/mol. The summed E-state index contributed by atoms with van der Waals surface area (Å²) >= 11 is 0. The van der Waals surface area contributed by atoms with Gasteiger partial charge in [0, 0.05) is 61.5 Å². The molecule has 8 heteroatoms. The summed E-state index contributed by atoms with van der Waals surface area (Å²) in [5.41, 5.74) is 3.89. The molecule has 0 N–H and O–H groups in total. The van der Waals surface area contributed by atoms with Crippen LogP contribution in [-0.4, -0.2) is 81.9 Å². The molecule has 0 saturated heterocycles. The van der Waals surface area contributed by atoms with E-state index in [2.05, 4.69) is 24.3 Å². The van der Waals surface area contributed by atoms with Crippen LogP contribution in [0.25, 0.3) is 0 Å². The van der Waals surface area contributed by atoms with Gasteiger partial charge in [-0.15, -0.1) is 0 Å². The molecule has 0 nitrogen and oxygen atoms in total. The minimum absolute atomic E-state index is 1.18. The first kappa shape index (κ1) is 26.2. The van der Waals surface area contributed by atoms with Crippen molar-refractivity contribution in [2.45, 2.75) is 54.5 Å². The fourth-order valence-corrected chi connectivity index (χ4v) is 4.06. The van der Waals surface area contributed by atoms with Crippen molar-refractivity contribution >= 4 is 92.3 Å². The van der Waals surface area contributed by atoms with Crippen LogP contribution in [0.2, 0.25) is 28.8 Å². The molecular formula is C15H44Si8. The van der Waals surface area contributed by atoms with E-state index in [0.29, 0.717) is 0 Å². The Hall–Kier alpha value is 0.955. The quantitative estimate of drug-likeness (QED) is 0.375. The third-order valence-electron chi connectivity index (χ3n) is 4.02. The Morgan fingerprint density at radius 2 is 0.870 bits per heavy atom. The van der Waals surface area contributed by atoms with Gasteiger partial charge in [-0.2, -0.15) is 0 Å². The van der Waals surface area contributed by atoms with Gasteiger partial charge < -0.3 is 0 Å². The van der Waals surface area contributed by atoms with Crippen LogP contribution in [0, 0.1) is 0 Å². The van der Waals surface area contributed by atoms with Crippen LogP contribution in [0.15, 0.2) is 24.3 Å². The summed E-state index contributed by atoms with van der Waals surface area (Å²) in [5, 5.41) is 2.98. The van der Waals surface area contributed by atoms with Crippen LogP contribution >= 0.6 is 0 Å². The van der Waals surface area contributed by atoms with E-state index in [9.17, 15) is 0 Å². The lowest BCUT2D eigenvalue weighted by Crippen LogP contribution is -2.07. The average Bonchev–Trinajstić information content (AvgIpc) is 2.55. The molecule has 1 fully saturated rings. The molecule has 0 bridgehead atoms. The summed E-state index contributed by atoms with van der Waals surface area (Å²) in [6.45, 7) is 0. The minimum Gasteiger partial charge on any atom is -0.0778 e. The van der Waals surface area contributed by atoms with Crippen molar-refractivity contribution in [3.05, 3.63) is 24.3 Å². The molecule has 1 aliphatic carbocycles. The Balaban J connectivity index is 0. The van der Waals surface area contributed by atoms with Gasteiger partial charge in [0.15, 0.2) is 0 Å². The highest BCUT2D eigenvalue weighted by molar-refractivity contribution is 6.35. The molecule has 1 aliphatic rings. The summed E-state index contributed by atoms with van der Waals surface area (Å²) in [4.78, 5) is 0. The predicted molar refractivity (Wildman–Crippen MR) is 146 cm³/mol. The molecule has 1 aromatic rings. The SMILES string of the molecule is [SiH3]C1CCC([SiH3])CC1.[SiH3]CC[SiH3].[SiH3]C[SiH3].[SiH3]c1ccc([SiH3])cc1. The lowest BCUT2D eigenvalue weighted by atomic mass is 9.99.